The van der Waals surface area contributed by atoms with E-state index in [0.29, 0.717) is 13.0 Å². The molecule has 6 aromatic carbocycles. The number of ether oxygens (including phenoxy) is 1. The Morgan fingerprint density at radius 3 is 1.39 bits per heavy atom. The maximum atomic E-state index is 14.3. The molecule has 264 valence electrons. The fraction of sp³-hybridized carbons (Fsp3) is 0.250. The van der Waals surface area contributed by atoms with Crippen LogP contribution in [0.1, 0.15) is 157 Å². The lowest BCUT2D eigenvalue weighted by Gasteiger charge is -2.49. The van der Waals surface area contributed by atoms with Gasteiger partial charge in [0.2, 0.25) is 0 Å². The Balaban J connectivity index is 1.22. The van der Waals surface area contributed by atoms with Crippen molar-refractivity contribution in [3.63, 3.8) is 0 Å². The largest absolute Gasteiger partial charge is 0.493 e. The molecule has 4 bridgehead atoms. The van der Waals surface area contributed by atoms with Gasteiger partial charge in [-0.25, -0.2) is 0 Å². The van der Waals surface area contributed by atoms with Crippen LogP contribution in [0, 0.1) is 0 Å². The van der Waals surface area contributed by atoms with Gasteiger partial charge in [-0.3, -0.25) is 4.79 Å². The average Bonchev–Trinajstić information content (AvgIpc) is 3.54. The summed E-state index contributed by atoms with van der Waals surface area (Å²) in [7, 11) is 0. The first kappa shape index (κ1) is 32.0. The van der Waals surface area contributed by atoms with Crippen molar-refractivity contribution < 1.29 is 9.53 Å². The topological polar surface area (TPSA) is 26.3 Å². The fourth-order valence-corrected chi connectivity index (χ4v) is 11.1. The van der Waals surface area contributed by atoms with Gasteiger partial charge in [0, 0.05) is 52.4 Å². The maximum absolute atomic E-state index is 14.3. The lowest BCUT2D eigenvalue weighted by atomic mass is 9.54. The maximum Gasteiger partial charge on any atom is 0.189 e. The Hall–Kier alpha value is -5.47. The Labute approximate surface area is 318 Å². The zero-order valence-corrected chi connectivity index (χ0v) is 30.9. The molecule has 0 radical (unpaired) electrons. The number of unbranched alkanes of at least 4 members (excludes halogenated alkanes) is 5. The lowest BCUT2D eigenvalue weighted by molar-refractivity contribution is 0.104. The monoisotopic (exact) mass is 700 g/mol. The summed E-state index contributed by atoms with van der Waals surface area (Å²) in [4.78, 5) is 14.3. The number of hydrogen-bond acceptors (Lipinski definition) is 2. The average molecular weight is 701 g/mol. The molecule has 0 amide bonds. The van der Waals surface area contributed by atoms with Crippen molar-refractivity contribution in [2.24, 2.45) is 0 Å². The van der Waals surface area contributed by atoms with Crippen molar-refractivity contribution in [1.29, 1.82) is 0 Å². The van der Waals surface area contributed by atoms with Gasteiger partial charge in [-0.15, -0.1) is 0 Å². The molecule has 6 aromatic rings. The molecule has 0 saturated heterocycles. The Kier molecular flexibility index (Phi) is 7.44. The second-order valence-electron chi connectivity index (χ2n) is 16.1. The quantitative estimate of drug-likeness (QED) is 0.111. The summed E-state index contributed by atoms with van der Waals surface area (Å²) < 4.78 is 7.38. The number of rotatable bonds is 9. The SMILES string of the molecule is CCCCCCCCOc1c2c(c(/C=C3/Cc4ccccc4C3=O)c3c1C1c4ccccc4C3c3ccccc31)C1c3ccccc3C2c2ccccc21. The van der Waals surface area contributed by atoms with E-state index >= 15 is 0 Å². The first-order valence-electron chi connectivity index (χ1n) is 20.3. The second kappa shape index (κ2) is 12.6. The highest BCUT2D eigenvalue weighted by Crippen LogP contribution is 2.66. The van der Waals surface area contributed by atoms with E-state index in [1.807, 2.05) is 12.1 Å². The van der Waals surface area contributed by atoms with Gasteiger partial charge in [-0.05, 0) is 79.3 Å². The highest BCUT2D eigenvalue weighted by Gasteiger charge is 2.51. The van der Waals surface area contributed by atoms with Crippen LogP contribution >= 0.6 is 0 Å². The Morgan fingerprint density at radius 2 is 0.926 bits per heavy atom. The number of hydrogen-bond donors (Lipinski definition) is 0. The minimum Gasteiger partial charge on any atom is -0.493 e. The van der Waals surface area contributed by atoms with Gasteiger partial charge in [0.15, 0.2) is 5.78 Å². The molecule has 13 rings (SSSR count). The predicted molar refractivity (Wildman–Crippen MR) is 217 cm³/mol. The highest BCUT2D eigenvalue weighted by molar-refractivity contribution is 6.15. The first-order valence-corrected chi connectivity index (χ1v) is 20.3. The summed E-state index contributed by atoms with van der Waals surface area (Å²) in [5, 5.41) is 0. The van der Waals surface area contributed by atoms with Gasteiger partial charge in [-0.2, -0.15) is 0 Å². The van der Waals surface area contributed by atoms with E-state index < -0.39 is 0 Å². The molecule has 0 fully saturated rings. The predicted octanol–water partition coefficient (Wildman–Crippen LogP) is 12.2. The number of fused-ring (bicyclic) bond motifs is 1. The van der Waals surface area contributed by atoms with Crippen molar-refractivity contribution in [3.05, 3.63) is 210 Å². The summed E-state index contributed by atoms with van der Waals surface area (Å²) in [5.74, 6) is 1.49. The van der Waals surface area contributed by atoms with Gasteiger partial charge in [0.25, 0.3) is 0 Å². The minimum atomic E-state index is 0.0516. The van der Waals surface area contributed by atoms with Gasteiger partial charge < -0.3 is 4.74 Å². The smallest absolute Gasteiger partial charge is 0.189 e. The molecular formula is C52H44O2. The summed E-state index contributed by atoms with van der Waals surface area (Å²) in [5.41, 5.74) is 20.6. The molecule has 7 aliphatic rings. The van der Waals surface area contributed by atoms with E-state index in [4.69, 9.17) is 4.74 Å². The molecule has 0 aromatic heterocycles. The zero-order chi connectivity index (χ0) is 35.9. The normalized spacial score (nSPS) is 20.8. The summed E-state index contributed by atoms with van der Waals surface area (Å²) in [6.07, 6.45) is 10.4. The van der Waals surface area contributed by atoms with Crippen LogP contribution in [-0.2, 0) is 6.42 Å². The summed E-state index contributed by atoms with van der Waals surface area (Å²) in [6.45, 7) is 2.99. The van der Waals surface area contributed by atoms with Crippen LogP contribution in [0.3, 0.4) is 0 Å². The third-order valence-corrected chi connectivity index (χ3v) is 13.3. The summed E-state index contributed by atoms with van der Waals surface area (Å²) >= 11 is 0. The Morgan fingerprint density at radius 1 is 0.519 bits per heavy atom. The first-order chi connectivity index (χ1) is 26.7. The molecule has 2 heteroatoms. The number of ketones is 1. The molecule has 2 nitrogen and oxygen atoms in total. The molecule has 0 unspecified atom stereocenters. The molecule has 0 saturated carbocycles. The third kappa shape index (κ3) is 4.49. The highest BCUT2D eigenvalue weighted by atomic mass is 16.5. The molecule has 7 aliphatic carbocycles. The number of carbonyl (C=O) groups excluding carboxylic acids is 1. The summed E-state index contributed by atoms with van der Waals surface area (Å²) in [6, 6.07) is 44.7. The number of carbonyl (C=O) groups is 1. The van der Waals surface area contributed by atoms with Crippen LogP contribution in [0.5, 0.6) is 5.75 Å². The molecule has 0 heterocycles. The van der Waals surface area contributed by atoms with Crippen molar-refractivity contribution in [3.8, 4) is 5.75 Å². The molecular weight excluding hydrogens is 657 g/mol. The molecule has 0 aliphatic heterocycles. The van der Waals surface area contributed by atoms with E-state index in [1.54, 1.807) is 0 Å². The van der Waals surface area contributed by atoms with Gasteiger partial charge >= 0.3 is 0 Å². The number of allylic oxidation sites excluding steroid dienone is 1. The van der Waals surface area contributed by atoms with Crippen molar-refractivity contribution in [2.75, 3.05) is 6.61 Å². The van der Waals surface area contributed by atoms with Crippen LogP contribution in [0.15, 0.2) is 127 Å². The van der Waals surface area contributed by atoms with Crippen molar-refractivity contribution in [1.82, 2.24) is 0 Å². The van der Waals surface area contributed by atoms with Crippen molar-refractivity contribution in [2.45, 2.75) is 75.5 Å². The second-order valence-corrected chi connectivity index (χ2v) is 16.1. The lowest BCUT2D eigenvalue weighted by Crippen LogP contribution is -2.34. The van der Waals surface area contributed by atoms with Crippen molar-refractivity contribution >= 4 is 11.9 Å². The number of Topliss-reactive ketones (excluding diaryl/α,β-unsaturated/α-hetero) is 1. The van der Waals surface area contributed by atoms with Crippen LogP contribution in [0.2, 0.25) is 0 Å². The molecule has 0 atom stereocenters. The molecule has 0 spiro atoms. The van der Waals surface area contributed by atoms with Crippen LogP contribution in [0.25, 0.3) is 6.08 Å². The standard InChI is InChI=1S/C52H44O2/c1-2-3-4-5-6-17-28-54-52-49-45-38-24-13-9-20-34(38)43(35-21-10-14-25-39(35)45)47(49)42(30-32-29-31-18-7-8-19-33(31)51(32)53)48-44-36-22-11-15-26-40(36)46(50(48)52)41-27-16-12-23-37(41)44/h7-16,18-27,30,43-46H,2-6,17,28-29H2,1H3/b32-30-. The molecule has 0 N–H and O–H groups in total. The van der Waals surface area contributed by atoms with E-state index in [0.717, 1.165) is 28.9 Å². The number of benzene rings is 6. The van der Waals surface area contributed by atoms with E-state index in [1.165, 1.54) is 104 Å². The van der Waals surface area contributed by atoms with Gasteiger partial charge in [0.1, 0.15) is 5.75 Å². The van der Waals surface area contributed by atoms with Crippen LogP contribution in [0.4, 0.5) is 0 Å². The third-order valence-electron chi connectivity index (χ3n) is 13.3. The molecule has 54 heavy (non-hydrogen) atoms. The zero-order valence-electron chi connectivity index (χ0n) is 30.9. The Bertz CT molecular complexity index is 2330. The minimum absolute atomic E-state index is 0.0516. The van der Waals surface area contributed by atoms with E-state index in [-0.39, 0.29) is 29.5 Å². The van der Waals surface area contributed by atoms with E-state index in [2.05, 4.69) is 122 Å². The van der Waals surface area contributed by atoms with Gasteiger partial charge in [0.05, 0.1) is 6.61 Å². The van der Waals surface area contributed by atoms with Crippen LogP contribution < -0.4 is 4.74 Å². The van der Waals surface area contributed by atoms with E-state index in [9.17, 15) is 4.79 Å². The van der Waals surface area contributed by atoms with Crippen LogP contribution in [-0.4, -0.2) is 12.4 Å². The van der Waals surface area contributed by atoms with Gasteiger partial charge in [-0.1, -0.05) is 160 Å². The fourth-order valence-electron chi connectivity index (χ4n) is 11.1.